The van der Waals surface area contributed by atoms with E-state index in [-0.39, 0.29) is 24.7 Å². The summed E-state index contributed by atoms with van der Waals surface area (Å²) in [5.74, 6) is -0.0242. The van der Waals surface area contributed by atoms with Crippen LogP contribution in [0, 0.1) is 5.92 Å². The van der Waals surface area contributed by atoms with Gasteiger partial charge in [0, 0.05) is 41.7 Å². The number of likely N-dealkylation sites (N-methyl/N-ethyl adjacent to an activating group) is 2. The Morgan fingerprint density at radius 3 is 2.69 bits per heavy atom. The third kappa shape index (κ3) is 5.92. The van der Waals surface area contributed by atoms with Gasteiger partial charge in [0.2, 0.25) is 0 Å². The predicted octanol–water partition coefficient (Wildman–Crippen LogP) is 5.79. The number of benzene rings is 1. The molecule has 1 aromatic carbocycles. The summed E-state index contributed by atoms with van der Waals surface area (Å²) in [6.45, 7) is 3.78. The van der Waals surface area contributed by atoms with E-state index in [0.717, 1.165) is 23.9 Å². The first-order chi connectivity index (χ1) is 16.7. The lowest BCUT2D eigenvalue weighted by atomic mass is 9.78. The largest absolute Gasteiger partial charge is 0.447 e. The smallest absolute Gasteiger partial charge is 0.416 e. The molecule has 0 spiro atoms. The first-order valence-electron chi connectivity index (χ1n) is 11.9. The van der Waals surface area contributed by atoms with Crippen LogP contribution in [0.25, 0.3) is 0 Å². The summed E-state index contributed by atoms with van der Waals surface area (Å²) in [6.07, 6.45) is -4.32. The number of alkyl halides is 3. The summed E-state index contributed by atoms with van der Waals surface area (Å²) in [5, 5.41) is 5.45. The van der Waals surface area contributed by atoms with Crippen molar-refractivity contribution in [1.29, 1.82) is 0 Å². The van der Waals surface area contributed by atoms with Gasteiger partial charge in [-0.3, -0.25) is 0 Å². The summed E-state index contributed by atoms with van der Waals surface area (Å²) in [6, 6.07) is 7.75. The molecule has 1 amide bonds. The Labute approximate surface area is 208 Å². The van der Waals surface area contributed by atoms with E-state index in [1.54, 1.807) is 16.2 Å². The molecule has 1 saturated heterocycles. The van der Waals surface area contributed by atoms with Crippen molar-refractivity contribution >= 4 is 23.1 Å². The van der Waals surface area contributed by atoms with E-state index in [1.165, 1.54) is 12.1 Å². The predicted molar refractivity (Wildman–Crippen MR) is 130 cm³/mol. The number of thiophene rings is 1. The average Bonchev–Trinajstić information content (AvgIpc) is 3.36. The van der Waals surface area contributed by atoms with E-state index in [4.69, 9.17) is 9.47 Å². The zero-order valence-electron chi connectivity index (χ0n) is 20.2. The Bertz CT molecular complexity index is 1000. The highest BCUT2D eigenvalue weighted by Gasteiger charge is 2.44. The molecule has 1 aromatic heterocycles. The van der Waals surface area contributed by atoms with Gasteiger partial charge in [0.25, 0.3) is 0 Å². The molecule has 0 saturated carbocycles. The minimum Gasteiger partial charge on any atom is -0.447 e. The molecule has 192 valence electrons. The molecular formula is C25H32F3N3O3S. The second-order valence-electron chi connectivity index (χ2n) is 9.32. The van der Waals surface area contributed by atoms with Crippen LogP contribution < -0.4 is 5.32 Å². The monoisotopic (exact) mass is 511 g/mol. The first kappa shape index (κ1) is 25.8. The van der Waals surface area contributed by atoms with Crippen LogP contribution >= 0.6 is 11.3 Å². The highest BCUT2D eigenvalue weighted by Crippen LogP contribution is 2.51. The maximum absolute atomic E-state index is 13.5. The van der Waals surface area contributed by atoms with Crippen molar-refractivity contribution in [2.45, 2.75) is 44.2 Å². The van der Waals surface area contributed by atoms with E-state index in [0.29, 0.717) is 30.8 Å². The third-order valence-corrected chi connectivity index (χ3v) is 7.63. The van der Waals surface area contributed by atoms with Crippen LogP contribution in [0.1, 0.15) is 47.9 Å². The number of ether oxygens (including phenoxy) is 2. The van der Waals surface area contributed by atoms with Gasteiger partial charge in [0.05, 0.1) is 23.8 Å². The third-order valence-electron chi connectivity index (χ3n) is 6.67. The minimum atomic E-state index is -4.44. The zero-order valence-corrected chi connectivity index (χ0v) is 21.0. The molecule has 35 heavy (non-hydrogen) atoms. The molecular weight excluding hydrogens is 479 g/mol. The number of amides is 1. The zero-order chi connectivity index (χ0) is 25.2. The van der Waals surface area contributed by atoms with Crippen molar-refractivity contribution in [2.24, 2.45) is 5.92 Å². The van der Waals surface area contributed by atoms with Crippen LogP contribution in [0.15, 0.2) is 35.7 Å². The van der Waals surface area contributed by atoms with Crippen molar-refractivity contribution in [2.75, 3.05) is 45.7 Å². The van der Waals surface area contributed by atoms with E-state index in [9.17, 15) is 18.0 Å². The van der Waals surface area contributed by atoms with Crippen molar-refractivity contribution in [3.8, 4) is 0 Å². The van der Waals surface area contributed by atoms with Crippen molar-refractivity contribution in [3.05, 3.63) is 51.7 Å². The summed E-state index contributed by atoms with van der Waals surface area (Å²) in [7, 11) is 3.88. The lowest BCUT2D eigenvalue weighted by molar-refractivity contribution is -0.138. The van der Waals surface area contributed by atoms with Gasteiger partial charge in [0.1, 0.15) is 6.61 Å². The molecule has 2 aliphatic heterocycles. The van der Waals surface area contributed by atoms with Gasteiger partial charge in [-0.15, -0.1) is 11.3 Å². The number of anilines is 1. The molecule has 2 aliphatic rings. The maximum atomic E-state index is 13.5. The molecule has 0 unspecified atom stereocenters. The molecule has 0 bridgehead atoms. The van der Waals surface area contributed by atoms with Crippen molar-refractivity contribution < 1.29 is 27.4 Å². The van der Waals surface area contributed by atoms with Gasteiger partial charge in [0.15, 0.2) is 0 Å². The molecule has 6 nitrogen and oxygen atoms in total. The van der Waals surface area contributed by atoms with Gasteiger partial charge in [-0.1, -0.05) is 6.07 Å². The van der Waals surface area contributed by atoms with Crippen LogP contribution in [0.2, 0.25) is 0 Å². The molecule has 4 rings (SSSR count). The number of hydrogen-bond acceptors (Lipinski definition) is 6. The number of fused-ring (bicyclic) bond motifs is 3. The van der Waals surface area contributed by atoms with Crippen LogP contribution in [0.5, 0.6) is 0 Å². The highest BCUT2D eigenvalue weighted by atomic mass is 32.1. The number of hydrogen-bond donors (Lipinski definition) is 1. The van der Waals surface area contributed by atoms with Crippen LogP contribution in [-0.4, -0.2) is 62.3 Å². The number of nitrogens with one attached hydrogen (secondary N) is 1. The molecule has 0 radical (unpaired) electrons. The Hall–Kier alpha value is -2.30. The van der Waals surface area contributed by atoms with Crippen LogP contribution in [0.3, 0.4) is 0 Å². The average molecular weight is 512 g/mol. The minimum absolute atomic E-state index is 0.0242. The lowest BCUT2D eigenvalue weighted by Gasteiger charge is -2.45. The molecule has 2 aromatic rings. The summed E-state index contributed by atoms with van der Waals surface area (Å²) >= 11 is 1.62. The molecule has 1 fully saturated rings. The fourth-order valence-corrected chi connectivity index (χ4v) is 5.61. The SMILES string of the molecule is CCN(CCN(C)C)C(=O)OC[C@H]1CC[C@@H]2[C@H](O1)c1cc(C(F)(F)F)ccc1N[C@H]2c1cccs1. The van der Waals surface area contributed by atoms with Gasteiger partial charge in [-0.2, -0.15) is 13.2 Å². The fraction of sp³-hybridized carbons (Fsp3) is 0.560. The molecule has 4 atom stereocenters. The number of carbonyl (C=O) groups is 1. The molecule has 0 aliphatic carbocycles. The van der Waals surface area contributed by atoms with E-state index in [1.807, 2.05) is 43.4 Å². The standard InChI is InChI=1S/C25H32F3N3O3S/c1-4-31(12-11-30(2)3)24(32)33-15-17-8-9-18-22(21-6-5-13-35-21)29-20-10-7-16(25(26,27)28)14-19(20)23(18)34-17/h5-7,10,13-14,17-18,22-23,29H,4,8-9,11-12,15H2,1-3H3/t17-,18+,22-,23+/m1/s1. The number of halogens is 3. The first-order valence-corrected chi connectivity index (χ1v) is 12.8. The second kappa shape index (κ2) is 10.8. The van der Waals surface area contributed by atoms with Gasteiger partial charge < -0.3 is 24.6 Å². The Kier molecular flexibility index (Phi) is 7.92. The number of nitrogens with zero attached hydrogens (tertiary/aromatic N) is 2. The normalized spacial score (nSPS) is 23.9. The summed E-state index contributed by atoms with van der Waals surface area (Å²) in [4.78, 5) is 17.3. The van der Waals surface area contributed by atoms with E-state index in [2.05, 4.69) is 5.32 Å². The molecule has 1 N–H and O–H groups in total. The molecule has 10 heteroatoms. The van der Waals surface area contributed by atoms with Gasteiger partial charge >= 0.3 is 12.3 Å². The van der Waals surface area contributed by atoms with Gasteiger partial charge in [-0.05, 0) is 63.5 Å². The summed E-state index contributed by atoms with van der Waals surface area (Å²) in [5.41, 5.74) is 0.467. The molecule has 3 heterocycles. The number of carbonyl (C=O) groups excluding carboxylic acids is 1. The highest BCUT2D eigenvalue weighted by molar-refractivity contribution is 7.10. The second-order valence-corrected chi connectivity index (χ2v) is 10.3. The Balaban J connectivity index is 1.51. The van der Waals surface area contributed by atoms with Crippen molar-refractivity contribution in [1.82, 2.24) is 9.80 Å². The van der Waals surface area contributed by atoms with Gasteiger partial charge in [-0.25, -0.2) is 4.79 Å². The maximum Gasteiger partial charge on any atom is 0.416 e. The van der Waals surface area contributed by atoms with Crippen molar-refractivity contribution in [3.63, 3.8) is 0 Å². The van der Waals surface area contributed by atoms with Crippen LogP contribution in [0.4, 0.5) is 23.7 Å². The van der Waals surface area contributed by atoms with E-state index < -0.39 is 23.9 Å². The van der Waals surface area contributed by atoms with Crippen LogP contribution in [-0.2, 0) is 15.7 Å². The topological polar surface area (TPSA) is 54.0 Å². The quantitative estimate of drug-likeness (QED) is 0.510. The Morgan fingerprint density at radius 2 is 2.03 bits per heavy atom. The summed E-state index contributed by atoms with van der Waals surface area (Å²) < 4.78 is 52.3. The van der Waals surface area contributed by atoms with E-state index >= 15 is 0 Å². The number of rotatable bonds is 7. The Morgan fingerprint density at radius 1 is 1.23 bits per heavy atom. The lowest BCUT2D eigenvalue weighted by Crippen LogP contribution is -2.42. The fourth-order valence-electron chi connectivity index (χ4n) is 4.76.